The Labute approximate surface area is 110 Å². The van der Waals surface area contributed by atoms with Crippen LogP contribution in [0.4, 0.5) is 5.69 Å². The molecule has 0 aliphatic carbocycles. The zero-order chi connectivity index (χ0) is 14.2. The molecule has 0 fully saturated rings. The highest BCUT2D eigenvalue weighted by Crippen LogP contribution is 2.25. The molecule has 1 aromatic carbocycles. The summed E-state index contributed by atoms with van der Waals surface area (Å²) in [6, 6.07) is 6.17. The van der Waals surface area contributed by atoms with E-state index < -0.39 is 5.97 Å². The zero-order valence-electron chi connectivity index (χ0n) is 11.0. The molecule has 0 bridgehead atoms. The summed E-state index contributed by atoms with van der Waals surface area (Å²) >= 11 is 0. The average Bonchev–Trinajstić information content (AvgIpc) is 2.65. The SMILES string of the molecule is CC1=NN(c2cccc(C(=O)O)c2)C(=O)C1=C(C)C. The number of nitrogens with zero attached hydrogens (tertiary/aromatic N) is 2. The van der Waals surface area contributed by atoms with Crippen LogP contribution in [0.15, 0.2) is 40.5 Å². The summed E-state index contributed by atoms with van der Waals surface area (Å²) in [5.74, 6) is -1.25. The Morgan fingerprint density at radius 2 is 2.00 bits per heavy atom. The molecule has 0 spiro atoms. The zero-order valence-corrected chi connectivity index (χ0v) is 11.0. The maximum absolute atomic E-state index is 12.2. The molecule has 1 aliphatic rings. The van der Waals surface area contributed by atoms with Crippen LogP contribution in [0.2, 0.25) is 0 Å². The molecule has 5 heteroatoms. The van der Waals surface area contributed by atoms with Gasteiger partial charge >= 0.3 is 5.97 Å². The number of allylic oxidation sites excluding steroid dienone is 1. The van der Waals surface area contributed by atoms with Gasteiger partial charge in [0, 0.05) is 0 Å². The molecule has 0 aromatic heterocycles. The molecule has 19 heavy (non-hydrogen) atoms. The van der Waals surface area contributed by atoms with Crippen LogP contribution in [0.1, 0.15) is 31.1 Å². The molecule has 2 rings (SSSR count). The first-order valence-corrected chi connectivity index (χ1v) is 5.82. The molecule has 1 aromatic rings. The highest BCUT2D eigenvalue weighted by molar-refractivity contribution is 6.30. The molecular weight excluding hydrogens is 244 g/mol. The smallest absolute Gasteiger partial charge is 0.335 e. The Hall–Kier alpha value is -2.43. The van der Waals surface area contributed by atoms with Crippen molar-refractivity contribution < 1.29 is 14.7 Å². The monoisotopic (exact) mass is 258 g/mol. The molecule has 0 saturated heterocycles. The number of aromatic carboxylic acids is 1. The van der Waals surface area contributed by atoms with E-state index in [1.807, 2.05) is 13.8 Å². The number of benzene rings is 1. The van der Waals surface area contributed by atoms with E-state index in [1.54, 1.807) is 19.1 Å². The van der Waals surface area contributed by atoms with Gasteiger partial charge in [0.05, 0.1) is 22.5 Å². The van der Waals surface area contributed by atoms with Gasteiger partial charge in [-0.05, 0) is 39.0 Å². The fourth-order valence-corrected chi connectivity index (χ4v) is 2.03. The molecule has 98 valence electrons. The number of hydrogen-bond acceptors (Lipinski definition) is 3. The van der Waals surface area contributed by atoms with Crippen LogP contribution >= 0.6 is 0 Å². The maximum atomic E-state index is 12.2. The number of carbonyl (C=O) groups excluding carboxylic acids is 1. The number of anilines is 1. The number of carboxylic acids is 1. The van der Waals surface area contributed by atoms with Gasteiger partial charge in [0.2, 0.25) is 0 Å². The van der Waals surface area contributed by atoms with Gasteiger partial charge in [0.15, 0.2) is 0 Å². The standard InChI is InChI=1S/C14H14N2O3/c1-8(2)12-9(3)15-16(13(12)17)11-6-4-5-10(7-11)14(18)19/h4-7H,1-3H3,(H,18,19). The van der Waals surface area contributed by atoms with E-state index in [1.165, 1.54) is 17.1 Å². The first-order valence-electron chi connectivity index (χ1n) is 5.82. The van der Waals surface area contributed by atoms with E-state index >= 15 is 0 Å². The molecule has 0 saturated carbocycles. The number of amides is 1. The van der Waals surface area contributed by atoms with E-state index in [0.29, 0.717) is 17.0 Å². The van der Waals surface area contributed by atoms with Gasteiger partial charge in [-0.2, -0.15) is 10.1 Å². The molecule has 1 heterocycles. The molecule has 0 radical (unpaired) electrons. The van der Waals surface area contributed by atoms with Crippen molar-refractivity contribution in [3.05, 3.63) is 41.0 Å². The summed E-state index contributed by atoms with van der Waals surface area (Å²) in [6.45, 7) is 5.47. The van der Waals surface area contributed by atoms with E-state index in [9.17, 15) is 9.59 Å². The fourth-order valence-electron chi connectivity index (χ4n) is 2.03. The first kappa shape index (κ1) is 13.0. The summed E-state index contributed by atoms with van der Waals surface area (Å²) in [5, 5.41) is 14.4. The highest BCUT2D eigenvalue weighted by atomic mass is 16.4. The second-order valence-electron chi connectivity index (χ2n) is 4.53. The third kappa shape index (κ3) is 2.27. The van der Waals surface area contributed by atoms with Crippen LogP contribution in [-0.4, -0.2) is 22.7 Å². The number of carboxylic acid groups (broad SMARTS) is 1. The minimum absolute atomic E-state index is 0.129. The lowest BCUT2D eigenvalue weighted by Gasteiger charge is -2.12. The van der Waals surface area contributed by atoms with Gasteiger partial charge < -0.3 is 5.11 Å². The molecule has 1 N–H and O–H groups in total. The van der Waals surface area contributed by atoms with Crippen molar-refractivity contribution in [1.29, 1.82) is 0 Å². The third-order valence-electron chi connectivity index (χ3n) is 2.86. The first-order chi connectivity index (χ1) is 8.91. The Bertz CT molecular complexity index is 625. The van der Waals surface area contributed by atoms with Crippen LogP contribution in [0.25, 0.3) is 0 Å². The minimum Gasteiger partial charge on any atom is -0.478 e. The lowest BCUT2D eigenvalue weighted by atomic mass is 10.1. The number of carbonyl (C=O) groups is 2. The van der Waals surface area contributed by atoms with E-state index in [4.69, 9.17) is 5.11 Å². The fraction of sp³-hybridized carbons (Fsp3) is 0.214. The number of hydrazone groups is 1. The van der Waals surface area contributed by atoms with Crippen LogP contribution in [-0.2, 0) is 4.79 Å². The van der Waals surface area contributed by atoms with Crippen molar-refractivity contribution in [3.63, 3.8) is 0 Å². The summed E-state index contributed by atoms with van der Waals surface area (Å²) in [7, 11) is 0. The molecular formula is C14H14N2O3. The molecule has 0 atom stereocenters. The quantitative estimate of drug-likeness (QED) is 0.828. The van der Waals surface area contributed by atoms with Crippen molar-refractivity contribution in [2.45, 2.75) is 20.8 Å². The molecule has 5 nitrogen and oxygen atoms in total. The van der Waals surface area contributed by atoms with Crippen molar-refractivity contribution in [3.8, 4) is 0 Å². The average molecular weight is 258 g/mol. The lowest BCUT2D eigenvalue weighted by molar-refractivity contribution is -0.114. The van der Waals surface area contributed by atoms with Crippen LogP contribution in [0.5, 0.6) is 0 Å². The second-order valence-corrected chi connectivity index (χ2v) is 4.53. The number of hydrogen-bond donors (Lipinski definition) is 1. The Kier molecular flexibility index (Phi) is 3.21. The van der Waals surface area contributed by atoms with Crippen LogP contribution in [0, 0.1) is 0 Å². The summed E-state index contributed by atoms with van der Waals surface area (Å²) in [5.41, 5.74) is 2.71. The van der Waals surface area contributed by atoms with Crippen LogP contribution < -0.4 is 5.01 Å². The summed E-state index contributed by atoms with van der Waals surface area (Å²) in [6.07, 6.45) is 0. The summed E-state index contributed by atoms with van der Waals surface area (Å²) < 4.78 is 0. The predicted octanol–water partition coefficient (Wildman–Crippen LogP) is 2.44. The van der Waals surface area contributed by atoms with E-state index in [2.05, 4.69) is 5.10 Å². The van der Waals surface area contributed by atoms with Gasteiger partial charge in [0.1, 0.15) is 0 Å². The molecule has 0 unspecified atom stereocenters. The highest BCUT2D eigenvalue weighted by Gasteiger charge is 2.29. The number of rotatable bonds is 2. The topological polar surface area (TPSA) is 70.0 Å². The molecule has 1 amide bonds. The normalized spacial score (nSPS) is 14.7. The van der Waals surface area contributed by atoms with Crippen molar-refractivity contribution in [1.82, 2.24) is 0 Å². The van der Waals surface area contributed by atoms with E-state index in [-0.39, 0.29) is 11.5 Å². The Morgan fingerprint density at radius 3 is 2.53 bits per heavy atom. The van der Waals surface area contributed by atoms with Gasteiger partial charge in [0.25, 0.3) is 5.91 Å². The van der Waals surface area contributed by atoms with E-state index in [0.717, 1.165) is 5.57 Å². The molecule has 1 aliphatic heterocycles. The van der Waals surface area contributed by atoms with Crippen molar-refractivity contribution in [2.24, 2.45) is 5.10 Å². The van der Waals surface area contributed by atoms with Gasteiger partial charge in [-0.15, -0.1) is 0 Å². The predicted molar refractivity (Wildman–Crippen MR) is 72.4 cm³/mol. The van der Waals surface area contributed by atoms with Crippen molar-refractivity contribution >= 4 is 23.3 Å². The minimum atomic E-state index is -1.03. The second kappa shape index (κ2) is 4.68. The Balaban J connectivity index is 2.45. The largest absolute Gasteiger partial charge is 0.478 e. The lowest BCUT2D eigenvalue weighted by Crippen LogP contribution is -2.22. The Morgan fingerprint density at radius 1 is 1.32 bits per heavy atom. The third-order valence-corrected chi connectivity index (χ3v) is 2.86. The van der Waals surface area contributed by atoms with Crippen molar-refractivity contribution in [2.75, 3.05) is 5.01 Å². The summed E-state index contributed by atoms with van der Waals surface area (Å²) in [4.78, 5) is 23.2. The van der Waals surface area contributed by atoms with Gasteiger partial charge in [-0.3, -0.25) is 4.79 Å². The maximum Gasteiger partial charge on any atom is 0.335 e. The van der Waals surface area contributed by atoms with Crippen LogP contribution in [0.3, 0.4) is 0 Å². The van der Waals surface area contributed by atoms with Gasteiger partial charge in [-0.25, -0.2) is 4.79 Å². The van der Waals surface area contributed by atoms with Gasteiger partial charge in [-0.1, -0.05) is 11.6 Å².